The van der Waals surface area contributed by atoms with Crippen molar-refractivity contribution < 1.29 is 13.2 Å². The monoisotopic (exact) mass is 312 g/mol. The van der Waals surface area contributed by atoms with Crippen LogP contribution in [0.3, 0.4) is 0 Å². The van der Waals surface area contributed by atoms with E-state index in [1.165, 1.54) is 11.4 Å². The second-order valence-electron chi connectivity index (χ2n) is 5.42. The summed E-state index contributed by atoms with van der Waals surface area (Å²) in [5.41, 5.74) is 1.07. The largest absolute Gasteiger partial charge is 0.349 e. The third-order valence-electron chi connectivity index (χ3n) is 3.63. The van der Waals surface area contributed by atoms with Crippen LogP contribution in [0.2, 0.25) is 0 Å². The van der Waals surface area contributed by atoms with Crippen molar-refractivity contribution in [2.24, 2.45) is 5.92 Å². The van der Waals surface area contributed by atoms with Crippen molar-refractivity contribution in [2.45, 2.75) is 33.7 Å². The normalized spacial score (nSPS) is 13.0. The summed E-state index contributed by atoms with van der Waals surface area (Å²) < 4.78 is 24.8. The van der Waals surface area contributed by atoms with Gasteiger partial charge in [0.25, 0.3) is 5.91 Å². The quantitative estimate of drug-likeness (QED) is 0.876. The van der Waals surface area contributed by atoms with Crippen molar-refractivity contribution >= 4 is 21.6 Å². The maximum Gasteiger partial charge on any atom is 0.251 e. The lowest BCUT2D eigenvalue weighted by Crippen LogP contribution is -2.36. The zero-order valence-electron chi connectivity index (χ0n) is 13.3. The summed E-state index contributed by atoms with van der Waals surface area (Å²) in [5.74, 6) is 0.246. The van der Waals surface area contributed by atoms with E-state index in [9.17, 15) is 13.2 Å². The average Bonchev–Trinajstić information content (AvgIpc) is 2.46. The zero-order valence-corrected chi connectivity index (χ0v) is 14.1. The summed E-state index contributed by atoms with van der Waals surface area (Å²) in [4.78, 5) is 12.1. The summed E-state index contributed by atoms with van der Waals surface area (Å²) in [6, 6.07) is 6.64. The van der Waals surface area contributed by atoms with Crippen LogP contribution in [0.15, 0.2) is 24.3 Å². The molecule has 0 unspecified atom stereocenters. The van der Waals surface area contributed by atoms with Crippen molar-refractivity contribution in [3.63, 3.8) is 0 Å². The van der Waals surface area contributed by atoms with Crippen LogP contribution in [0.5, 0.6) is 0 Å². The smallest absolute Gasteiger partial charge is 0.251 e. The Kier molecular flexibility index (Phi) is 5.78. The second-order valence-corrected chi connectivity index (χ2v) is 7.71. The Labute approximate surface area is 127 Å². The van der Waals surface area contributed by atoms with E-state index >= 15 is 0 Å². The number of sulfonamides is 1. The Bertz CT molecular complexity index is 579. The number of hydrogen-bond donors (Lipinski definition) is 1. The first-order valence-electron chi connectivity index (χ1n) is 7.06. The van der Waals surface area contributed by atoms with E-state index in [1.807, 2.05) is 20.8 Å². The fourth-order valence-electron chi connectivity index (χ4n) is 1.63. The molecule has 0 heterocycles. The Hall–Kier alpha value is -1.56. The Morgan fingerprint density at radius 1 is 1.19 bits per heavy atom. The Morgan fingerprint density at radius 2 is 1.71 bits per heavy atom. The van der Waals surface area contributed by atoms with Crippen LogP contribution < -0.4 is 9.62 Å². The molecule has 1 amide bonds. The van der Waals surface area contributed by atoms with Gasteiger partial charge in [-0.3, -0.25) is 9.10 Å². The number of nitrogens with one attached hydrogen (secondary N) is 1. The number of anilines is 1. The minimum Gasteiger partial charge on any atom is -0.349 e. The molecule has 0 fully saturated rings. The molecule has 1 rings (SSSR count). The summed E-state index contributed by atoms with van der Waals surface area (Å²) in [6.07, 6.45) is 0. The SMILES string of the molecule is CCS(=O)(=O)N(C)c1ccc(C(=O)N[C@H](C)C(C)C)cc1. The molecule has 0 aliphatic rings. The van der Waals surface area contributed by atoms with Gasteiger partial charge in [-0.15, -0.1) is 0 Å². The summed E-state index contributed by atoms with van der Waals surface area (Å²) in [5, 5.41) is 2.91. The molecule has 118 valence electrons. The molecule has 1 N–H and O–H groups in total. The molecule has 0 spiro atoms. The molecular formula is C15H24N2O3S. The molecule has 1 aromatic rings. The van der Waals surface area contributed by atoms with Gasteiger partial charge >= 0.3 is 0 Å². The van der Waals surface area contributed by atoms with Gasteiger partial charge in [0.1, 0.15) is 0 Å². The highest BCUT2D eigenvalue weighted by molar-refractivity contribution is 7.92. The van der Waals surface area contributed by atoms with Crippen molar-refractivity contribution in [1.29, 1.82) is 0 Å². The third-order valence-corrected chi connectivity index (χ3v) is 5.41. The Morgan fingerprint density at radius 3 is 2.14 bits per heavy atom. The molecule has 0 aromatic heterocycles. The van der Waals surface area contributed by atoms with E-state index in [0.29, 0.717) is 17.2 Å². The lowest BCUT2D eigenvalue weighted by molar-refractivity contribution is 0.0930. The van der Waals surface area contributed by atoms with Gasteiger partial charge in [0.05, 0.1) is 11.4 Å². The highest BCUT2D eigenvalue weighted by Crippen LogP contribution is 2.17. The number of carbonyl (C=O) groups excluding carboxylic acids is 1. The maximum atomic E-state index is 12.1. The molecule has 6 heteroatoms. The van der Waals surface area contributed by atoms with E-state index in [-0.39, 0.29) is 17.7 Å². The van der Waals surface area contributed by atoms with Crippen LogP contribution >= 0.6 is 0 Å². The summed E-state index contributed by atoms with van der Waals surface area (Å²) in [7, 11) is -1.77. The number of carbonyl (C=O) groups is 1. The second kappa shape index (κ2) is 6.93. The Balaban J connectivity index is 2.86. The number of hydrogen-bond acceptors (Lipinski definition) is 3. The molecule has 1 atom stereocenters. The first-order valence-corrected chi connectivity index (χ1v) is 8.67. The number of amides is 1. The van der Waals surface area contributed by atoms with E-state index in [4.69, 9.17) is 0 Å². The molecule has 0 saturated heterocycles. The zero-order chi connectivity index (χ0) is 16.2. The van der Waals surface area contributed by atoms with Gasteiger partial charge in [0.2, 0.25) is 10.0 Å². The molecule has 21 heavy (non-hydrogen) atoms. The fourth-order valence-corrected chi connectivity index (χ4v) is 2.46. The number of nitrogens with zero attached hydrogens (tertiary/aromatic N) is 1. The lowest BCUT2D eigenvalue weighted by atomic mass is 10.1. The lowest BCUT2D eigenvalue weighted by Gasteiger charge is -2.19. The predicted octanol–water partition coefficient (Wildman–Crippen LogP) is 2.25. The first-order chi connectivity index (χ1) is 9.69. The summed E-state index contributed by atoms with van der Waals surface area (Å²) >= 11 is 0. The highest BCUT2D eigenvalue weighted by atomic mass is 32.2. The molecule has 0 aliphatic carbocycles. The van der Waals surface area contributed by atoms with Crippen molar-refractivity contribution in [3.05, 3.63) is 29.8 Å². The average molecular weight is 312 g/mol. The van der Waals surface area contributed by atoms with Gasteiger partial charge < -0.3 is 5.32 Å². The van der Waals surface area contributed by atoms with Gasteiger partial charge in [0.15, 0.2) is 0 Å². The predicted molar refractivity (Wildman–Crippen MR) is 86.1 cm³/mol. The molecule has 1 aromatic carbocycles. The standard InChI is InChI=1S/C15H24N2O3S/c1-6-21(19,20)17(5)14-9-7-13(8-10-14)15(18)16-12(4)11(2)3/h7-12H,6H2,1-5H3,(H,16,18)/t12-/m1/s1. The molecule has 0 radical (unpaired) electrons. The molecule has 0 saturated carbocycles. The number of rotatable bonds is 6. The van der Waals surface area contributed by atoms with Gasteiger partial charge in [-0.05, 0) is 44.0 Å². The van der Waals surface area contributed by atoms with Crippen molar-refractivity contribution in [2.75, 3.05) is 17.1 Å². The van der Waals surface area contributed by atoms with E-state index in [1.54, 1.807) is 31.2 Å². The minimum absolute atomic E-state index is 0.0393. The number of benzene rings is 1. The van der Waals surface area contributed by atoms with Crippen LogP contribution in [0, 0.1) is 5.92 Å². The molecule has 5 nitrogen and oxygen atoms in total. The molecule has 0 bridgehead atoms. The van der Waals surface area contributed by atoms with E-state index in [2.05, 4.69) is 5.32 Å². The van der Waals surface area contributed by atoms with Crippen LogP contribution in [0.4, 0.5) is 5.69 Å². The van der Waals surface area contributed by atoms with Crippen LogP contribution in [0.1, 0.15) is 38.1 Å². The summed E-state index contributed by atoms with van der Waals surface area (Å²) in [6.45, 7) is 7.64. The van der Waals surface area contributed by atoms with Gasteiger partial charge in [-0.1, -0.05) is 13.8 Å². The fraction of sp³-hybridized carbons (Fsp3) is 0.533. The maximum absolute atomic E-state index is 12.1. The highest BCUT2D eigenvalue weighted by Gasteiger charge is 2.17. The van der Waals surface area contributed by atoms with Gasteiger partial charge in [-0.25, -0.2) is 8.42 Å². The molecular weight excluding hydrogens is 288 g/mol. The van der Waals surface area contributed by atoms with E-state index < -0.39 is 10.0 Å². The first kappa shape index (κ1) is 17.5. The topological polar surface area (TPSA) is 66.5 Å². The van der Waals surface area contributed by atoms with Crippen molar-refractivity contribution in [3.8, 4) is 0 Å². The van der Waals surface area contributed by atoms with Gasteiger partial charge in [0, 0.05) is 18.7 Å². The minimum atomic E-state index is -3.28. The third kappa shape index (κ3) is 4.46. The molecule has 0 aliphatic heterocycles. The van der Waals surface area contributed by atoms with E-state index in [0.717, 1.165) is 0 Å². The van der Waals surface area contributed by atoms with Crippen LogP contribution in [-0.4, -0.2) is 33.2 Å². The van der Waals surface area contributed by atoms with Crippen molar-refractivity contribution in [1.82, 2.24) is 5.32 Å². The van der Waals surface area contributed by atoms with Crippen LogP contribution in [-0.2, 0) is 10.0 Å². The van der Waals surface area contributed by atoms with Crippen LogP contribution in [0.25, 0.3) is 0 Å². The van der Waals surface area contributed by atoms with Gasteiger partial charge in [-0.2, -0.15) is 0 Å².